The fourth-order valence-corrected chi connectivity index (χ4v) is 3.02. The van der Waals surface area contributed by atoms with Crippen LogP contribution in [0.1, 0.15) is 36.8 Å². The standard InChI is InChI=1S/C20H25ClN6O2/c1-4-16-15(17(5-2)28-26-16)12-24-20(22-3)23-11-10-18-25-19(27-29-18)13-6-8-14(21)9-7-13/h6-9H,4-5,10-12H2,1-3H3,(H2,22,23,24). The molecule has 9 heteroatoms. The molecular weight excluding hydrogens is 392 g/mol. The Kier molecular flexibility index (Phi) is 7.24. The molecule has 2 N–H and O–H groups in total. The van der Waals surface area contributed by atoms with Gasteiger partial charge in [0.25, 0.3) is 0 Å². The molecule has 2 aromatic heterocycles. The van der Waals surface area contributed by atoms with E-state index in [-0.39, 0.29) is 0 Å². The van der Waals surface area contributed by atoms with Crippen molar-refractivity contribution in [2.75, 3.05) is 13.6 Å². The third kappa shape index (κ3) is 5.35. The molecule has 0 saturated carbocycles. The highest BCUT2D eigenvalue weighted by atomic mass is 35.5. The van der Waals surface area contributed by atoms with E-state index in [1.165, 1.54) is 0 Å². The quantitative estimate of drug-likeness (QED) is 0.428. The van der Waals surface area contributed by atoms with E-state index < -0.39 is 0 Å². The molecule has 0 aliphatic carbocycles. The van der Waals surface area contributed by atoms with Gasteiger partial charge in [-0.05, 0) is 30.7 Å². The van der Waals surface area contributed by atoms with Crippen molar-refractivity contribution in [2.45, 2.75) is 39.7 Å². The topological polar surface area (TPSA) is 101 Å². The summed E-state index contributed by atoms with van der Waals surface area (Å²) in [5.41, 5.74) is 2.94. The lowest BCUT2D eigenvalue weighted by atomic mass is 10.1. The summed E-state index contributed by atoms with van der Waals surface area (Å²) in [4.78, 5) is 8.68. The molecule has 0 unspecified atom stereocenters. The summed E-state index contributed by atoms with van der Waals surface area (Å²) in [5, 5.41) is 15.4. The Morgan fingerprint density at radius 3 is 2.55 bits per heavy atom. The van der Waals surface area contributed by atoms with Crippen LogP contribution in [0.2, 0.25) is 5.02 Å². The molecule has 0 amide bonds. The number of hydrogen-bond donors (Lipinski definition) is 2. The van der Waals surface area contributed by atoms with Gasteiger partial charge in [-0.1, -0.05) is 35.8 Å². The lowest BCUT2D eigenvalue weighted by molar-refractivity contribution is 0.378. The number of aliphatic imine (C=N–C) groups is 1. The maximum atomic E-state index is 5.91. The second kappa shape index (κ2) is 10.1. The summed E-state index contributed by atoms with van der Waals surface area (Å²) in [7, 11) is 1.73. The number of guanidine groups is 1. The Balaban J connectivity index is 1.50. The van der Waals surface area contributed by atoms with E-state index in [1.807, 2.05) is 12.1 Å². The first kappa shape index (κ1) is 20.9. The molecule has 3 aromatic rings. The second-order valence-corrected chi connectivity index (χ2v) is 6.80. The van der Waals surface area contributed by atoms with Crippen molar-refractivity contribution in [1.82, 2.24) is 25.9 Å². The number of hydrogen-bond acceptors (Lipinski definition) is 6. The van der Waals surface area contributed by atoms with Crippen molar-refractivity contribution in [1.29, 1.82) is 0 Å². The zero-order valence-corrected chi connectivity index (χ0v) is 17.6. The van der Waals surface area contributed by atoms with Gasteiger partial charge in [-0.25, -0.2) is 0 Å². The number of aromatic nitrogens is 3. The molecule has 0 aliphatic heterocycles. The minimum atomic E-state index is 0.547. The normalized spacial score (nSPS) is 11.7. The highest BCUT2D eigenvalue weighted by Gasteiger charge is 2.14. The van der Waals surface area contributed by atoms with E-state index >= 15 is 0 Å². The monoisotopic (exact) mass is 416 g/mol. The Morgan fingerprint density at radius 2 is 1.86 bits per heavy atom. The zero-order chi connectivity index (χ0) is 20.6. The molecule has 0 bridgehead atoms. The molecule has 2 heterocycles. The van der Waals surface area contributed by atoms with E-state index in [9.17, 15) is 0 Å². The van der Waals surface area contributed by atoms with Crippen LogP contribution in [-0.4, -0.2) is 34.8 Å². The lowest BCUT2D eigenvalue weighted by Crippen LogP contribution is -2.38. The van der Waals surface area contributed by atoms with Gasteiger partial charge in [0.2, 0.25) is 11.7 Å². The number of aryl methyl sites for hydroxylation is 2. The third-order valence-electron chi connectivity index (χ3n) is 4.47. The van der Waals surface area contributed by atoms with Gasteiger partial charge in [0.1, 0.15) is 5.76 Å². The van der Waals surface area contributed by atoms with Gasteiger partial charge in [-0.2, -0.15) is 4.98 Å². The molecule has 29 heavy (non-hydrogen) atoms. The lowest BCUT2D eigenvalue weighted by Gasteiger charge is -2.11. The van der Waals surface area contributed by atoms with E-state index in [1.54, 1.807) is 19.2 Å². The van der Waals surface area contributed by atoms with Crippen molar-refractivity contribution in [3.05, 3.63) is 52.2 Å². The first-order valence-corrected chi connectivity index (χ1v) is 10.0. The van der Waals surface area contributed by atoms with Crippen LogP contribution in [0.3, 0.4) is 0 Å². The van der Waals surface area contributed by atoms with Gasteiger partial charge < -0.3 is 19.7 Å². The Labute approximate surface area is 174 Å². The van der Waals surface area contributed by atoms with Crippen LogP contribution in [0.15, 0.2) is 38.3 Å². The fraction of sp³-hybridized carbons (Fsp3) is 0.400. The van der Waals surface area contributed by atoms with Crippen LogP contribution in [0, 0.1) is 0 Å². The predicted molar refractivity (Wildman–Crippen MR) is 112 cm³/mol. The number of benzene rings is 1. The van der Waals surface area contributed by atoms with Crippen LogP contribution in [0.25, 0.3) is 11.4 Å². The maximum absolute atomic E-state index is 5.91. The number of rotatable bonds is 8. The van der Waals surface area contributed by atoms with Crippen molar-refractivity contribution >= 4 is 17.6 Å². The average molecular weight is 417 g/mol. The maximum Gasteiger partial charge on any atom is 0.228 e. The molecule has 0 saturated heterocycles. The zero-order valence-electron chi connectivity index (χ0n) is 16.8. The number of halogens is 1. The highest BCUT2D eigenvalue weighted by Crippen LogP contribution is 2.18. The number of nitrogens with one attached hydrogen (secondary N) is 2. The summed E-state index contributed by atoms with van der Waals surface area (Å²) in [6.45, 7) is 5.33. The SMILES string of the molecule is CCc1noc(CC)c1CNC(=NC)NCCc1nc(-c2ccc(Cl)cc2)no1. The number of nitrogens with zero attached hydrogens (tertiary/aromatic N) is 4. The summed E-state index contributed by atoms with van der Waals surface area (Å²) in [6, 6.07) is 7.32. The first-order chi connectivity index (χ1) is 14.1. The van der Waals surface area contributed by atoms with Crippen LogP contribution < -0.4 is 10.6 Å². The summed E-state index contributed by atoms with van der Waals surface area (Å²) >= 11 is 5.91. The van der Waals surface area contributed by atoms with Gasteiger partial charge in [0.15, 0.2) is 5.96 Å². The van der Waals surface area contributed by atoms with Crippen LogP contribution >= 0.6 is 11.6 Å². The van der Waals surface area contributed by atoms with Gasteiger partial charge in [0, 0.05) is 49.1 Å². The van der Waals surface area contributed by atoms with Crippen molar-refractivity contribution in [3.63, 3.8) is 0 Å². The van der Waals surface area contributed by atoms with Crippen LogP contribution in [-0.2, 0) is 25.8 Å². The highest BCUT2D eigenvalue weighted by molar-refractivity contribution is 6.30. The fourth-order valence-electron chi connectivity index (χ4n) is 2.89. The molecule has 0 aliphatic rings. The third-order valence-corrected chi connectivity index (χ3v) is 4.72. The smallest absolute Gasteiger partial charge is 0.228 e. The summed E-state index contributed by atoms with van der Waals surface area (Å²) in [5.74, 6) is 2.70. The Hall–Kier alpha value is -2.87. The predicted octanol–water partition coefficient (Wildman–Crippen LogP) is 3.41. The summed E-state index contributed by atoms with van der Waals surface area (Å²) in [6.07, 6.45) is 2.22. The molecule has 0 radical (unpaired) electrons. The Bertz CT molecular complexity index is 927. The van der Waals surface area contributed by atoms with Crippen LogP contribution in [0.4, 0.5) is 0 Å². The van der Waals surface area contributed by atoms with Gasteiger partial charge >= 0.3 is 0 Å². The van der Waals surface area contributed by atoms with Gasteiger partial charge in [-0.3, -0.25) is 4.99 Å². The molecular formula is C20H25ClN6O2. The minimum Gasteiger partial charge on any atom is -0.361 e. The largest absolute Gasteiger partial charge is 0.361 e. The van der Waals surface area contributed by atoms with Crippen molar-refractivity contribution in [3.8, 4) is 11.4 Å². The van der Waals surface area contributed by atoms with Crippen LogP contribution in [0.5, 0.6) is 0 Å². The van der Waals surface area contributed by atoms with Gasteiger partial charge in [-0.15, -0.1) is 0 Å². The van der Waals surface area contributed by atoms with Crippen molar-refractivity contribution < 1.29 is 9.05 Å². The molecule has 1 aromatic carbocycles. The molecule has 8 nitrogen and oxygen atoms in total. The Morgan fingerprint density at radius 1 is 1.07 bits per heavy atom. The van der Waals surface area contributed by atoms with Crippen molar-refractivity contribution in [2.24, 2.45) is 4.99 Å². The van der Waals surface area contributed by atoms with E-state index in [0.29, 0.717) is 42.2 Å². The van der Waals surface area contributed by atoms with E-state index in [4.69, 9.17) is 20.6 Å². The molecule has 0 spiro atoms. The first-order valence-electron chi connectivity index (χ1n) is 9.63. The molecule has 3 rings (SSSR count). The second-order valence-electron chi connectivity index (χ2n) is 6.36. The van der Waals surface area contributed by atoms with Gasteiger partial charge in [0.05, 0.1) is 5.69 Å². The summed E-state index contributed by atoms with van der Waals surface area (Å²) < 4.78 is 10.7. The average Bonchev–Trinajstić information content (AvgIpc) is 3.37. The molecule has 0 atom stereocenters. The van der Waals surface area contributed by atoms with E-state index in [0.717, 1.165) is 35.4 Å². The van der Waals surface area contributed by atoms with E-state index in [2.05, 4.69) is 44.8 Å². The molecule has 154 valence electrons. The molecule has 0 fully saturated rings. The minimum absolute atomic E-state index is 0.547.